The number of halogens is 1. The molecule has 1 saturated heterocycles. The second-order valence-electron chi connectivity index (χ2n) is 5.05. The number of nitrogen functional groups attached to an aromatic ring is 1. The monoisotopic (exact) mass is 280 g/mol. The van der Waals surface area contributed by atoms with Gasteiger partial charge in [-0.25, -0.2) is 4.39 Å². The molecular formula is C14H17FN2O3. The molecule has 1 aromatic carbocycles. The van der Waals surface area contributed by atoms with Crippen molar-refractivity contribution in [2.45, 2.75) is 6.92 Å². The minimum atomic E-state index is -0.515. The van der Waals surface area contributed by atoms with Crippen molar-refractivity contribution < 1.29 is 18.7 Å². The molecule has 2 rings (SSSR count). The summed E-state index contributed by atoms with van der Waals surface area (Å²) in [6.07, 6.45) is 0. The zero-order valence-electron chi connectivity index (χ0n) is 11.4. The Bertz CT molecular complexity index is 547. The molecule has 2 N–H and O–H groups in total. The minimum absolute atomic E-state index is 0.00110. The molecule has 0 saturated carbocycles. The molecule has 1 amide bonds. The molecular weight excluding hydrogens is 263 g/mol. The number of rotatable bonds is 2. The molecule has 20 heavy (non-hydrogen) atoms. The van der Waals surface area contributed by atoms with Gasteiger partial charge in [0.05, 0.1) is 18.6 Å². The van der Waals surface area contributed by atoms with Gasteiger partial charge in [-0.15, -0.1) is 0 Å². The highest BCUT2D eigenvalue weighted by Crippen LogP contribution is 2.27. The molecule has 1 aromatic rings. The first-order chi connectivity index (χ1) is 9.43. The van der Waals surface area contributed by atoms with Crippen molar-refractivity contribution >= 4 is 17.6 Å². The van der Waals surface area contributed by atoms with Crippen LogP contribution in [0, 0.1) is 17.7 Å². The van der Waals surface area contributed by atoms with Crippen LogP contribution < -0.4 is 5.73 Å². The van der Waals surface area contributed by atoms with Crippen molar-refractivity contribution in [3.05, 3.63) is 29.6 Å². The number of hydrogen-bond acceptors (Lipinski definition) is 4. The third-order valence-corrected chi connectivity index (χ3v) is 3.65. The average Bonchev–Trinajstić information content (AvgIpc) is 2.82. The van der Waals surface area contributed by atoms with Crippen molar-refractivity contribution in [1.29, 1.82) is 0 Å². The molecule has 1 fully saturated rings. The van der Waals surface area contributed by atoms with Crippen molar-refractivity contribution in [3.8, 4) is 0 Å². The van der Waals surface area contributed by atoms with E-state index in [1.807, 2.05) is 6.92 Å². The third-order valence-electron chi connectivity index (χ3n) is 3.65. The number of methoxy groups -OCH3 is 1. The van der Waals surface area contributed by atoms with Crippen molar-refractivity contribution in [1.82, 2.24) is 4.90 Å². The SMILES string of the molecule is COC(=O)C1CN(C(=O)c2cc(F)ccc2N)CC1C. The maximum atomic E-state index is 13.2. The van der Waals surface area contributed by atoms with Gasteiger partial charge in [0.15, 0.2) is 0 Å². The van der Waals surface area contributed by atoms with Crippen molar-refractivity contribution in [2.75, 3.05) is 25.9 Å². The molecule has 0 aliphatic carbocycles. The lowest BCUT2D eigenvalue weighted by atomic mass is 9.99. The lowest BCUT2D eigenvalue weighted by Crippen LogP contribution is -2.30. The molecule has 5 nitrogen and oxygen atoms in total. The summed E-state index contributed by atoms with van der Waals surface area (Å²) in [5, 5.41) is 0. The van der Waals surface area contributed by atoms with E-state index >= 15 is 0 Å². The number of nitrogens with zero attached hydrogens (tertiary/aromatic N) is 1. The van der Waals surface area contributed by atoms with Crippen LogP contribution in [0.25, 0.3) is 0 Å². The average molecular weight is 280 g/mol. The van der Waals surface area contributed by atoms with Gasteiger partial charge in [0.25, 0.3) is 5.91 Å². The highest BCUT2D eigenvalue weighted by atomic mass is 19.1. The van der Waals surface area contributed by atoms with Gasteiger partial charge in [-0.3, -0.25) is 9.59 Å². The highest BCUT2D eigenvalue weighted by Gasteiger charge is 2.38. The van der Waals surface area contributed by atoms with Gasteiger partial charge in [0.1, 0.15) is 5.82 Å². The molecule has 108 valence electrons. The zero-order valence-corrected chi connectivity index (χ0v) is 11.4. The Morgan fingerprint density at radius 2 is 2.10 bits per heavy atom. The predicted octanol–water partition coefficient (Wildman–Crippen LogP) is 1.29. The molecule has 0 spiro atoms. The summed E-state index contributed by atoms with van der Waals surface area (Å²) in [5.41, 5.74) is 6.06. The molecule has 2 unspecified atom stereocenters. The fraction of sp³-hybridized carbons (Fsp3) is 0.429. The molecule has 0 aromatic heterocycles. The summed E-state index contributed by atoms with van der Waals surface area (Å²) >= 11 is 0. The predicted molar refractivity (Wildman–Crippen MR) is 71.4 cm³/mol. The van der Waals surface area contributed by atoms with E-state index < -0.39 is 5.82 Å². The Morgan fingerprint density at radius 1 is 1.40 bits per heavy atom. The Kier molecular flexibility index (Phi) is 3.92. The van der Waals surface area contributed by atoms with Crippen LogP contribution in [0.1, 0.15) is 17.3 Å². The van der Waals surface area contributed by atoms with Crippen LogP contribution >= 0.6 is 0 Å². The smallest absolute Gasteiger partial charge is 0.310 e. The first kappa shape index (κ1) is 14.3. The van der Waals surface area contributed by atoms with Gasteiger partial charge in [-0.1, -0.05) is 6.92 Å². The largest absolute Gasteiger partial charge is 0.469 e. The lowest BCUT2D eigenvalue weighted by molar-refractivity contribution is -0.146. The van der Waals surface area contributed by atoms with Gasteiger partial charge in [-0.2, -0.15) is 0 Å². The van der Waals surface area contributed by atoms with E-state index in [2.05, 4.69) is 0 Å². The van der Waals surface area contributed by atoms with Gasteiger partial charge >= 0.3 is 5.97 Å². The number of ether oxygens (including phenoxy) is 1. The number of carbonyl (C=O) groups is 2. The van der Waals surface area contributed by atoms with E-state index in [-0.39, 0.29) is 41.5 Å². The molecule has 1 heterocycles. The van der Waals surface area contributed by atoms with E-state index in [0.717, 1.165) is 6.07 Å². The van der Waals surface area contributed by atoms with E-state index in [0.29, 0.717) is 6.54 Å². The Hall–Kier alpha value is -2.11. The third kappa shape index (κ3) is 2.59. The van der Waals surface area contributed by atoms with E-state index in [9.17, 15) is 14.0 Å². The number of esters is 1. The first-order valence-electron chi connectivity index (χ1n) is 6.36. The van der Waals surface area contributed by atoms with Crippen LogP contribution in [0.5, 0.6) is 0 Å². The van der Waals surface area contributed by atoms with Gasteiger partial charge in [0, 0.05) is 18.8 Å². The van der Waals surface area contributed by atoms with E-state index in [1.54, 1.807) is 0 Å². The number of amides is 1. The number of carbonyl (C=O) groups excluding carboxylic acids is 2. The van der Waals surface area contributed by atoms with Crippen LogP contribution in [0.2, 0.25) is 0 Å². The van der Waals surface area contributed by atoms with Crippen LogP contribution in [-0.4, -0.2) is 37.0 Å². The number of hydrogen-bond donors (Lipinski definition) is 1. The first-order valence-corrected chi connectivity index (χ1v) is 6.36. The fourth-order valence-electron chi connectivity index (χ4n) is 2.47. The minimum Gasteiger partial charge on any atom is -0.469 e. The molecule has 0 radical (unpaired) electrons. The summed E-state index contributed by atoms with van der Waals surface area (Å²) < 4.78 is 17.9. The summed E-state index contributed by atoms with van der Waals surface area (Å²) in [5.74, 6) is -1.56. The summed E-state index contributed by atoms with van der Waals surface area (Å²) in [6, 6.07) is 3.68. The standard InChI is InChI=1S/C14H17FN2O3/c1-8-6-17(7-11(8)14(19)20-2)13(18)10-5-9(15)3-4-12(10)16/h3-5,8,11H,6-7,16H2,1-2H3. The van der Waals surface area contributed by atoms with Gasteiger partial charge < -0.3 is 15.4 Å². The maximum absolute atomic E-state index is 13.2. The number of nitrogens with two attached hydrogens (primary N) is 1. The lowest BCUT2D eigenvalue weighted by Gasteiger charge is -2.17. The van der Waals surface area contributed by atoms with Gasteiger partial charge in [0.2, 0.25) is 0 Å². The van der Waals surface area contributed by atoms with Crippen molar-refractivity contribution in [3.63, 3.8) is 0 Å². The quantitative estimate of drug-likeness (QED) is 0.654. The summed E-state index contributed by atoms with van der Waals surface area (Å²) in [7, 11) is 1.32. The molecule has 1 aliphatic heterocycles. The fourth-order valence-corrected chi connectivity index (χ4v) is 2.47. The summed E-state index contributed by atoms with van der Waals surface area (Å²) in [4.78, 5) is 25.5. The highest BCUT2D eigenvalue weighted by molar-refractivity contribution is 5.99. The topological polar surface area (TPSA) is 72.6 Å². The second-order valence-corrected chi connectivity index (χ2v) is 5.05. The molecule has 6 heteroatoms. The van der Waals surface area contributed by atoms with Crippen LogP contribution in [-0.2, 0) is 9.53 Å². The zero-order chi connectivity index (χ0) is 14.9. The van der Waals surface area contributed by atoms with E-state index in [4.69, 9.17) is 10.5 Å². The Labute approximate surface area is 116 Å². The molecule has 2 atom stereocenters. The molecule has 1 aliphatic rings. The van der Waals surface area contributed by atoms with Crippen LogP contribution in [0.4, 0.5) is 10.1 Å². The summed E-state index contributed by atoms with van der Waals surface area (Å²) in [6.45, 7) is 2.57. The number of anilines is 1. The molecule has 0 bridgehead atoms. The maximum Gasteiger partial charge on any atom is 0.310 e. The van der Waals surface area contributed by atoms with Gasteiger partial charge in [-0.05, 0) is 24.1 Å². The Morgan fingerprint density at radius 3 is 2.75 bits per heavy atom. The number of benzene rings is 1. The normalized spacial score (nSPS) is 21.9. The Balaban J connectivity index is 2.19. The van der Waals surface area contributed by atoms with Crippen LogP contribution in [0.3, 0.4) is 0 Å². The van der Waals surface area contributed by atoms with Crippen LogP contribution in [0.15, 0.2) is 18.2 Å². The second kappa shape index (κ2) is 5.48. The van der Waals surface area contributed by atoms with Crippen molar-refractivity contribution in [2.24, 2.45) is 11.8 Å². The van der Waals surface area contributed by atoms with E-state index in [1.165, 1.54) is 24.1 Å². The number of likely N-dealkylation sites (tertiary alicyclic amines) is 1.